The van der Waals surface area contributed by atoms with Gasteiger partial charge in [0, 0.05) is 11.9 Å². The number of aryl methyl sites for hydroxylation is 1. The molecule has 0 fully saturated rings. The van der Waals surface area contributed by atoms with Gasteiger partial charge in [-0.1, -0.05) is 24.3 Å². The highest BCUT2D eigenvalue weighted by molar-refractivity contribution is 5.73. The maximum atomic E-state index is 11.0. The van der Waals surface area contributed by atoms with Gasteiger partial charge in [0.2, 0.25) is 0 Å². The van der Waals surface area contributed by atoms with E-state index in [-0.39, 0.29) is 6.54 Å². The minimum Gasteiger partial charge on any atom is -0.480 e. The van der Waals surface area contributed by atoms with Gasteiger partial charge in [-0.05, 0) is 30.7 Å². The van der Waals surface area contributed by atoms with Gasteiger partial charge in [-0.25, -0.2) is 0 Å². The first-order chi connectivity index (χ1) is 9.15. The SMILES string of the molecule is Cc1ccc(CN(CC(=O)O)c2ccccc2)nc1. The van der Waals surface area contributed by atoms with E-state index < -0.39 is 5.97 Å². The maximum Gasteiger partial charge on any atom is 0.323 e. The van der Waals surface area contributed by atoms with Crippen LogP contribution in [0.25, 0.3) is 0 Å². The normalized spacial score (nSPS) is 10.2. The van der Waals surface area contributed by atoms with Gasteiger partial charge in [0.15, 0.2) is 0 Å². The van der Waals surface area contributed by atoms with Crippen LogP contribution in [0.5, 0.6) is 0 Å². The number of carboxylic acid groups (broad SMARTS) is 1. The first-order valence-electron chi connectivity index (χ1n) is 6.08. The molecule has 1 aromatic carbocycles. The Morgan fingerprint density at radius 1 is 1.21 bits per heavy atom. The fourth-order valence-electron chi connectivity index (χ4n) is 1.83. The Hall–Kier alpha value is -2.36. The molecule has 1 heterocycles. The lowest BCUT2D eigenvalue weighted by Crippen LogP contribution is -2.29. The number of hydrogen-bond acceptors (Lipinski definition) is 3. The highest BCUT2D eigenvalue weighted by Gasteiger charge is 2.11. The minimum atomic E-state index is -0.851. The number of carboxylic acids is 1. The van der Waals surface area contributed by atoms with Crippen LogP contribution < -0.4 is 4.90 Å². The molecule has 0 amide bonds. The summed E-state index contributed by atoms with van der Waals surface area (Å²) in [4.78, 5) is 17.1. The largest absolute Gasteiger partial charge is 0.480 e. The summed E-state index contributed by atoms with van der Waals surface area (Å²) in [6, 6.07) is 13.4. The van der Waals surface area contributed by atoms with Gasteiger partial charge >= 0.3 is 5.97 Å². The summed E-state index contributed by atoms with van der Waals surface area (Å²) in [6.45, 7) is 2.42. The average Bonchev–Trinajstić information content (AvgIpc) is 2.41. The van der Waals surface area contributed by atoms with Crippen LogP contribution in [-0.4, -0.2) is 22.6 Å². The molecule has 19 heavy (non-hydrogen) atoms. The molecule has 0 saturated heterocycles. The van der Waals surface area contributed by atoms with E-state index in [1.807, 2.05) is 49.4 Å². The van der Waals surface area contributed by atoms with Crippen molar-refractivity contribution >= 4 is 11.7 Å². The number of para-hydroxylation sites is 1. The van der Waals surface area contributed by atoms with Crippen molar-refractivity contribution in [2.45, 2.75) is 13.5 Å². The number of carbonyl (C=O) groups is 1. The van der Waals surface area contributed by atoms with E-state index in [1.54, 1.807) is 11.1 Å². The Balaban J connectivity index is 2.19. The second-order valence-electron chi connectivity index (χ2n) is 4.41. The van der Waals surface area contributed by atoms with Crippen molar-refractivity contribution in [3.63, 3.8) is 0 Å². The molecule has 0 unspecified atom stereocenters. The molecule has 0 bridgehead atoms. The summed E-state index contributed by atoms with van der Waals surface area (Å²) in [5.41, 5.74) is 2.83. The van der Waals surface area contributed by atoms with Gasteiger partial charge in [-0.15, -0.1) is 0 Å². The van der Waals surface area contributed by atoms with Crippen LogP contribution in [0.4, 0.5) is 5.69 Å². The predicted molar refractivity (Wildman–Crippen MR) is 74.1 cm³/mol. The summed E-state index contributed by atoms with van der Waals surface area (Å²) in [7, 11) is 0. The zero-order valence-electron chi connectivity index (χ0n) is 10.8. The third kappa shape index (κ3) is 3.81. The molecule has 0 aliphatic rings. The lowest BCUT2D eigenvalue weighted by Gasteiger charge is -2.22. The van der Waals surface area contributed by atoms with Crippen molar-refractivity contribution in [3.05, 3.63) is 59.9 Å². The number of aliphatic carboxylic acids is 1. The standard InChI is InChI=1S/C15H16N2O2/c1-12-7-8-13(16-9-12)10-17(11-15(18)19)14-5-3-2-4-6-14/h2-9H,10-11H2,1H3,(H,18,19). The molecule has 0 spiro atoms. The lowest BCUT2D eigenvalue weighted by molar-refractivity contribution is -0.135. The number of anilines is 1. The van der Waals surface area contributed by atoms with Crippen LogP contribution in [0.1, 0.15) is 11.3 Å². The van der Waals surface area contributed by atoms with Crippen LogP contribution in [0.2, 0.25) is 0 Å². The van der Waals surface area contributed by atoms with Crippen LogP contribution in [0.15, 0.2) is 48.7 Å². The van der Waals surface area contributed by atoms with Crippen LogP contribution in [0, 0.1) is 6.92 Å². The Morgan fingerprint density at radius 3 is 2.53 bits per heavy atom. The predicted octanol–water partition coefficient (Wildman–Crippen LogP) is 2.48. The van der Waals surface area contributed by atoms with Crippen molar-refractivity contribution in [1.82, 2.24) is 4.98 Å². The van der Waals surface area contributed by atoms with E-state index in [1.165, 1.54) is 0 Å². The summed E-state index contributed by atoms with van der Waals surface area (Å²) in [5, 5.41) is 9.01. The molecule has 4 nitrogen and oxygen atoms in total. The van der Waals surface area contributed by atoms with E-state index in [4.69, 9.17) is 5.11 Å². The zero-order valence-corrected chi connectivity index (χ0v) is 10.8. The smallest absolute Gasteiger partial charge is 0.323 e. The Kier molecular flexibility index (Phi) is 4.13. The first kappa shape index (κ1) is 13.1. The summed E-state index contributed by atoms with van der Waals surface area (Å²) >= 11 is 0. The third-order valence-corrected chi connectivity index (χ3v) is 2.77. The van der Waals surface area contributed by atoms with Gasteiger partial charge < -0.3 is 10.0 Å². The van der Waals surface area contributed by atoms with E-state index in [0.717, 1.165) is 16.9 Å². The molecular weight excluding hydrogens is 240 g/mol. The fraction of sp³-hybridized carbons (Fsp3) is 0.200. The van der Waals surface area contributed by atoms with Gasteiger partial charge in [0.1, 0.15) is 6.54 Å². The number of pyridine rings is 1. The van der Waals surface area contributed by atoms with Crippen LogP contribution >= 0.6 is 0 Å². The lowest BCUT2D eigenvalue weighted by atomic mass is 10.2. The average molecular weight is 256 g/mol. The van der Waals surface area contributed by atoms with Crippen molar-refractivity contribution in [2.24, 2.45) is 0 Å². The monoisotopic (exact) mass is 256 g/mol. The topological polar surface area (TPSA) is 53.4 Å². The molecule has 2 rings (SSSR count). The molecule has 0 atom stereocenters. The minimum absolute atomic E-state index is 0.0421. The second kappa shape index (κ2) is 6.00. The molecule has 0 aliphatic carbocycles. The van der Waals surface area contributed by atoms with Crippen molar-refractivity contribution in [3.8, 4) is 0 Å². The molecule has 0 saturated carbocycles. The number of nitrogens with zero attached hydrogens (tertiary/aromatic N) is 2. The number of aromatic nitrogens is 1. The quantitative estimate of drug-likeness (QED) is 0.893. The van der Waals surface area contributed by atoms with Crippen LogP contribution in [-0.2, 0) is 11.3 Å². The summed E-state index contributed by atoms with van der Waals surface area (Å²) < 4.78 is 0. The first-order valence-corrected chi connectivity index (χ1v) is 6.08. The number of benzene rings is 1. The molecule has 1 aromatic heterocycles. The second-order valence-corrected chi connectivity index (χ2v) is 4.41. The number of rotatable bonds is 5. The Morgan fingerprint density at radius 2 is 1.95 bits per heavy atom. The summed E-state index contributed by atoms with van der Waals surface area (Å²) in [6.07, 6.45) is 1.79. The Labute approximate surface area is 112 Å². The van der Waals surface area contributed by atoms with Gasteiger partial charge in [0.05, 0.1) is 12.2 Å². The maximum absolute atomic E-state index is 11.0. The van der Waals surface area contributed by atoms with Crippen molar-refractivity contribution in [2.75, 3.05) is 11.4 Å². The molecule has 1 N–H and O–H groups in total. The molecule has 98 valence electrons. The number of hydrogen-bond donors (Lipinski definition) is 1. The van der Waals surface area contributed by atoms with E-state index in [0.29, 0.717) is 6.54 Å². The Bertz CT molecular complexity index is 538. The van der Waals surface area contributed by atoms with Crippen molar-refractivity contribution < 1.29 is 9.90 Å². The molecule has 2 aromatic rings. The highest BCUT2D eigenvalue weighted by Crippen LogP contribution is 2.15. The fourth-order valence-corrected chi connectivity index (χ4v) is 1.83. The van der Waals surface area contributed by atoms with Crippen molar-refractivity contribution in [1.29, 1.82) is 0 Å². The molecule has 0 radical (unpaired) electrons. The van der Waals surface area contributed by atoms with Gasteiger partial charge in [-0.2, -0.15) is 0 Å². The van der Waals surface area contributed by atoms with Gasteiger partial charge in [-0.3, -0.25) is 9.78 Å². The molecule has 4 heteroatoms. The van der Waals surface area contributed by atoms with E-state index >= 15 is 0 Å². The highest BCUT2D eigenvalue weighted by atomic mass is 16.4. The molecular formula is C15H16N2O2. The molecule has 0 aliphatic heterocycles. The zero-order chi connectivity index (χ0) is 13.7. The van der Waals surface area contributed by atoms with E-state index in [9.17, 15) is 4.79 Å². The van der Waals surface area contributed by atoms with Crippen LogP contribution in [0.3, 0.4) is 0 Å². The van der Waals surface area contributed by atoms with E-state index in [2.05, 4.69) is 4.98 Å². The summed E-state index contributed by atoms with van der Waals surface area (Å²) in [5.74, 6) is -0.851. The van der Waals surface area contributed by atoms with Gasteiger partial charge in [0.25, 0.3) is 0 Å². The third-order valence-electron chi connectivity index (χ3n) is 2.77.